The van der Waals surface area contributed by atoms with E-state index in [9.17, 15) is 0 Å². The zero-order valence-electron chi connectivity index (χ0n) is 10.3. The Morgan fingerprint density at radius 2 is 2.22 bits per heavy atom. The van der Waals surface area contributed by atoms with Gasteiger partial charge in [-0.15, -0.1) is 0 Å². The van der Waals surface area contributed by atoms with Gasteiger partial charge in [-0.25, -0.2) is 4.98 Å². The number of hydrogen-bond donors (Lipinski definition) is 1. The molecule has 2 aliphatic rings. The fourth-order valence-electron chi connectivity index (χ4n) is 2.88. The zero-order chi connectivity index (χ0) is 11.9. The van der Waals surface area contributed by atoms with Crippen molar-refractivity contribution in [3.63, 3.8) is 0 Å². The van der Waals surface area contributed by atoms with Crippen molar-refractivity contribution in [3.8, 4) is 0 Å². The van der Waals surface area contributed by atoms with Crippen LogP contribution in [0.1, 0.15) is 19.3 Å². The van der Waals surface area contributed by atoms with E-state index in [1.165, 1.54) is 25.8 Å². The van der Waals surface area contributed by atoms with Gasteiger partial charge in [-0.1, -0.05) is 0 Å². The molecule has 1 saturated carbocycles. The molecule has 0 aromatic carbocycles. The number of aromatic nitrogens is 1. The summed E-state index contributed by atoms with van der Waals surface area (Å²) in [4.78, 5) is 7.04. The lowest BCUT2D eigenvalue weighted by atomic mass is 10.2. The molecule has 0 radical (unpaired) electrons. The van der Waals surface area contributed by atoms with Gasteiger partial charge in [-0.05, 0) is 31.4 Å². The average molecular weight is 243 g/mol. The van der Waals surface area contributed by atoms with Crippen LogP contribution >= 0.6 is 0 Å². The summed E-state index contributed by atoms with van der Waals surface area (Å²) in [6.07, 6.45) is 7.53. The number of nitrogens with zero attached hydrogens (tertiary/aromatic N) is 2. The van der Waals surface area contributed by atoms with E-state index in [1.54, 1.807) is 6.26 Å². The van der Waals surface area contributed by atoms with Gasteiger partial charge in [0.25, 0.3) is 0 Å². The van der Waals surface area contributed by atoms with Crippen LogP contribution in [0.5, 0.6) is 0 Å². The molecule has 0 amide bonds. The van der Waals surface area contributed by atoms with Crippen molar-refractivity contribution in [1.29, 1.82) is 0 Å². The number of rotatable bonds is 3. The highest BCUT2D eigenvalue weighted by molar-refractivity contribution is 5.87. The number of likely N-dealkylation sites (tertiary alicyclic amines) is 1. The van der Waals surface area contributed by atoms with E-state index in [1.807, 2.05) is 18.3 Å². The Balaban J connectivity index is 1.52. The number of anilines is 1. The summed E-state index contributed by atoms with van der Waals surface area (Å²) in [6, 6.07) is 5.29. The standard InChI is InChI=1S/C14H17N3O/c1-2-11(1)17-7-4-10(9-17)16-14-12-5-8-18-13(12)3-6-15-14/h3,5-6,8,10-11H,1-2,4,7,9H2,(H,15,16). The smallest absolute Gasteiger partial charge is 0.139 e. The molecule has 18 heavy (non-hydrogen) atoms. The van der Waals surface area contributed by atoms with E-state index in [0.717, 1.165) is 29.4 Å². The normalized spacial score (nSPS) is 24.8. The summed E-state index contributed by atoms with van der Waals surface area (Å²) in [5.74, 6) is 0.962. The van der Waals surface area contributed by atoms with Crippen molar-refractivity contribution >= 4 is 16.8 Å². The maximum atomic E-state index is 5.40. The molecule has 1 aliphatic heterocycles. The highest BCUT2D eigenvalue weighted by atomic mass is 16.3. The second kappa shape index (κ2) is 3.99. The molecule has 4 heteroatoms. The van der Waals surface area contributed by atoms with Gasteiger partial charge in [0.1, 0.15) is 11.4 Å². The fraction of sp³-hybridized carbons (Fsp3) is 0.500. The summed E-state index contributed by atoms with van der Waals surface area (Å²) >= 11 is 0. The van der Waals surface area contributed by atoms with Gasteiger partial charge < -0.3 is 9.73 Å². The largest absolute Gasteiger partial charge is 0.464 e. The molecule has 2 fully saturated rings. The Morgan fingerprint density at radius 3 is 3.11 bits per heavy atom. The molecule has 1 saturated heterocycles. The topological polar surface area (TPSA) is 41.3 Å². The van der Waals surface area contributed by atoms with E-state index in [0.29, 0.717) is 6.04 Å². The lowest BCUT2D eigenvalue weighted by molar-refractivity contribution is 0.326. The highest BCUT2D eigenvalue weighted by Gasteiger charge is 2.34. The molecule has 2 aromatic heterocycles. The van der Waals surface area contributed by atoms with E-state index in [2.05, 4.69) is 15.2 Å². The number of pyridine rings is 1. The van der Waals surface area contributed by atoms with Crippen LogP contribution in [0.3, 0.4) is 0 Å². The van der Waals surface area contributed by atoms with Gasteiger partial charge in [0.2, 0.25) is 0 Å². The third kappa shape index (κ3) is 1.77. The molecule has 2 aromatic rings. The molecule has 0 bridgehead atoms. The van der Waals surface area contributed by atoms with E-state index in [-0.39, 0.29) is 0 Å². The van der Waals surface area contributed by atoms with Gasteiger partial charge in [-0.3, -0.25) is 4.90 Å². The highest BCUT2D eigenvalue weighted by Crippen LogP contribution is 2.31. The zero-order valence-corrected chi connectivity index (χ0v) is 10.3. The summed E-state index contributed by atoms with van der Waals surface area (Å²) in [7, 11) is 0. The van der Waals surface area contributed by atoms with Crippen LogP contribution in [-0.4, -0.2) is 35.1 Å². The van der Waals surface area contributed by atoms with Crippen LogP contribution in [0.4, 0.5) is 5.82 Å². The van der Waals surface area contributed by atoms with Gasteiger partial charge in [0.15, 0.2) is 0 Å². The molecule has 1 N–H and O–H groups in total. The van der Waals surface area contributed by atoms with Crippen molar-refractivity contribution in [1.82, 2.24) is 9.88 Å². The summed E-state index contributed by atoms with van der Waals surface area (Å²) in [6.45, 7) is 2.38. The van der Waals surface area contributed by atoms with E-state index < -0.39 is 0 Å². The number of nitrogens with one attached hydrogen (secondary N) is 1. The lowest BCUT2D eigenvalue weighted by Gasteiger charge is -2.16. The first kappa shape index (κ1) is 10.4. The second-order valence-electron chi connectivity index (χ2n) is 5.35. The van der Waals surface area contributed by atoms with Crippen LogP contribution in [-0.2, 0) is 0 Å². The van der Waals surface area contributed by atoms with Crippen LogP contribution < -0.4 is 5.32 Å². The Bertz CT molecular complexity index is 561. The van der Waals surface area contributed by atoms with Gasteiger partial charge >= 0.3 is 0 Å². The summed E-state index contributed by atoms with van der Waals surface area (Å²) < 4.78 is 5.40. The number of furan rings is 1. The maximum Gasteiger partial charge on any atom is 0.139 e. The lowest BCUT2D eigenvalue weighted by Crippen LogP contribution is -2.28. The predicted molar refractivity (Wildman–Crippen MR) is 70.6 cm³/mol. The van der Waals surface area contributed by atoms with Crippen molar-refractivity contribution in [3.05, 3.63) is 24.6 Å². The molecule has 1 atom stereocenters. The Labute approximate surface area is 106 Å². The molecular formula is C14H17N3O. The van der Waals surface area contributed by atoms with Crippen molar-refractivity contribution in [2.45, 2.75) is 31.3 Å². The molecule has 0 spiro atoms. The van der Waals surface area contributed by atoms with Crippen LogP contribution in [0, 0.1) is 0 Å². The minimum atomic E-state index is 0.526. The molecule has 1 aliphatic carbocycles. The first-order valence-electron chi connectivity index (χ1n) is 6.73. The van der Waals surface area contributed by atoms with Gasteiger partial charge in [-0.2, -0.15) is 0 Å². The Kier molecular flexibility index (Phi) is 2.30. The van der Waals surface area contributed by atoms with Crippen molar-refractivity contribution < 1.29 is 4.42 Å². The molecule has 94 valence electrons. The first-order chi connectivity index (χ1) is 8.90. The van der Waals surface area contributed by atoms with Crippen LogP contribution in [0.15, 0.2) is 29.0 Å². The average Bonchev–Trinajstić information content (AvgIpc) is 2.94. The predicted octanol–water partition coefficient (Wildman–Crippen LogP) is 2.48. The van der Waals surface area contributed by atoms with Gasteiger partial charge in [0, 0.05) is 31.4 Å². The summed E-state index contributed by atoms with van der Waals surface area (Å²) in [5, 5.41) is 4.66. The van der Waals surface area contributed by atoms with Crippen molar-refractivity contribution in [2.24, 2.45) is 0 Å². The minimum absolute atomic E-state index is 0.526. The molecule has 1 unspecified atom stereocenters. The molecule has 3 heterocycles. The van der Waals surface area contributed by atoms with Crippen LogP contribution in [0.2, 0.25) is 0 Å². The van der Waals surface area contributed by atoms with Crippen LogP contribution in [0.25, 0.3) is 11.0 Å². The number of fused-ring (bicyclic) bond motifs is 1. The monoisotopic (exact) mass is 243 g/mol. The first-order valence-corrected chi connectivity index (χ1v) is 6.73. The minimum Gasteiger partial charge on any atom is -0.464 e. The third-order valence-electron chi connectivity index (χ3n) is 4.00. The second-order valence-corrected chi connectivity index (χ2v) is 5.35. The molecule has 4 nitrogen and oxygen atoms in total. The Hall–Kier alpha value is -1.55. The van der Waals surface area contributed by atoms with E-state index in [4.69, 9.17) is 4.42 Å². The quantitative estimate of drug-likeness (QED) is 0.899. The van der Waals surface area contributed by atoms with Crippen molar-refractivity contribution in [2.75, 3.05) is 18.4 Å². The van der Waals surface area contributed by atoms with E-state index >= 15 is 0 Å². The molecular weight excluding hydrogens is 226 g/mol. The Morgan fingerprint density at radius 1 is 1.28 bits per heavy atom. The van der Waals surface area contributed by atoms with Gasteiger partial charge in [0.05, 0.1) is 11.6 Å². The third-order valence-corrected chi connectivity index (χ3v) is 4.00. The maximum absolute atomic E-state index is 5.40. The SMILES string of the molecule is c1cc2occc2c(NC2CCN(C3CC3)C2)n1. The number of hydrogen-bond acceptors (Lipinski definition) is 4. The fourth-order valence-corrected chi connectivity index (χ4v) is 2.88. The molecule has 4 rings (SSSR count). The summed E-state index contributed by atoms with van der Waals surface area (Å²) in [5.41, 5.74) is 0.907.